The second-order valence-electron chi connectivity index (χ2n) is 7.79. The highest BCUT2D eigenvalue weighted by Crippen LogP contribution is 2.25. The van der Waals surface area contributed by atoms with Crippen LogP contribution in [0.4, 0.5) is 0 Å². The number of rotatable bonds is 8. The number of nitrogens with zero attached hydrogens (tertiary/aromatic N) is 3. The van der Waals surface area contributed by atoms with Crippen LogP contribution in [0, 0.1) is 19.8 Å². The van der Waals surface area contributed by atoms with Crippen LogP contribution < -0.4 is 15.9 Å². The zero-order valence-corrected chi connectivity index (χ0v) is 18.3. The average molecular weight is 418 g/mol. The van der Waals surface area contributed by atoms with Crippen molar-refractivity contribution >= 4 is 17.7 Å². The first-order chi connectivity index (χ1) is 14.0. The Hall–Kier alpha value is -2.22. The molecule has 29 heavy (non-hydrogen) atoms. The van der Waals surface area contributed by atoms with Crippen LogP contribution >= 0.6 is 11.8 Å². The van der Waals surface area contributed by atoms with Gasteiger partial charge in [-0.05, 0) is 50.7 Å². The Labute approximate surface area is 176 Å². The van der Waals surface area contributed by atoms with Crippen molar-refractivity contribution in [3.8, 4) is 5.75 Å². The Balaban J connectivity index is 1.52. The van der Waals surface area contributed by atoms with Crippen LogP contribution in [0.3, 0.4) is 0 Å². The van der Waals surface area contributed by atoms with Gasteiger partial charge in [-0.3, -0.25) is 4.79 Å². The van der Waals surface area contributed by atoms with Crippen molar-refractivity contribution in [3.05, 3.63) is 35.2 Å². The molecule has 7 nitrogen and oxygen atoms in total. The molecule has 1 aliphatic rings. The molecule has 1 fully saturated rings. The second kappa shape index (κ2) is 10.0. The van der Waals surface area contributed by atoms with Crippen LogP contribution in [0.25, 0.3) is 0 Å². The van der Waals surface area contributed by atoms with E-state index in [0.29, 0.717) is 16.9 Å². The highest BCUT2D eigenvalue weighted by molar-refractivity contribution is 8.00. The van der Waals surface area contributed by atoms with E-state index in [2.05, 4.69) is 15.5 Å². The van der Waals surface area contributed by atoms with Crippen molar-refractivity contribution in [2.45, 2.75) is 69.9 Å². The summed E-state index contributed by atoms with van der Waals surface area (Å²) < 4.78 is 7.32. The maximum atomic E-state index is 12.4. The molecule has 0 spiro atoms. The lowest BCUT2D eigenvalue weighted by Gasteiger charge is -2.22. The fourth-order valence-electron chi connectivity index (χ4n) is 3.64. The van der Waals surface area contributed by atoms with E-state index in [1.54, 1.807) is 0 Å². The highest BCUT2D eigenvalue weighted by atomic mass is 32.2. The monoisotopic (exact) mass is 417 g/mol. The number of ether oxygens (including phenoxy) is 1. The number of hydrogen-bond donors (Lipinski definition) is 2. The van der Waals surface area contributed by atoms with Crippen molar-refractivity contribution in [3.63, 3.8) is 0 Å². The van der Waals surface area contributed by atoms with Gasteiger partial charge in [0, 0.05) is 6.54 Å². The topological polar surface area (TPSA) is 95.1 Å². The Kier molecular flexibility index (Phi) is 7.41. The molecule has 0 aliphatic heterocycles. The van der Waals surface area contributed by atoms with E-state index in [-0.39, 0.29) is 17.8 Å². The summed E-state index contributed by atoms with van der Waals surface area (Å²) in [5, 5.41) is 11.6. The van der Waals surface area contributed by atoms with Crippen LogP contribution in [0.5, 0.6) is 5.75 Å². The number of nitrogens with one attached hydrogen (secondary N) is 1. The van der Waals surface area contributed by atoms with Gasteiger partial charge in [0.15, 0.2) is 5.82 Å². The van der Waals surface area contributed by atoms with E-state index in [4.69, 9.17) is 10.6 Å². The van der Waals surface area contributed by atoms with Gasteiger partial charge >= 0.3 is 0 Å². The normalized spacial score (nSPS) is 15.8. The number of aryl methyl sites for hydroxylation is 2. The lowest BCUT2D eigenvalue weighted by Crippen LogP contribution is -2.35. The largest absolute Gasteiger partial charge is 0.485 e. The van der Waals surface area contributed by atoms with Gasteiger partial charge in [0.2, 0.25) is 11.1 Å². The lowest BCUT2D eigenvalue weighted by molar-refractivity contribution is -0.120. The molecule has 0 radical (unpaired) electrons. The smallest absolute Gasteiger partial charge is 0.233 e. The number of para-hydroxylation sites is 1. The number of amides is 1. The number of aromatic nitrogens is 3. The van der Waals surface area contributed by atoms with Crippen molar-refractivity contribution < 1.29 is 9.53 Å². The van der Waals surface area contributed by atoms with Crippen LogP contribution in [-0.4, -0.2) is 32.6 Å². The molecule has 1 heterocycles. The molecule has 158 valence electrons. The first-order valence-electron chi connectivity index (χ1n) is 10.3. The zero-order chi connectivity index (χ0) is 20.8. The number of nitrogen functional groups attached to an aromatic ring is 1. The fourth-order valence-corrected chi connectivity index (χ4v) is 4.45. The van der Waals surface area contributed by atoms with Crippen LogP contribution in [-0.2, 0) is 11.4 Å². The molecule has 2 aromatic rings. The summed E-state index contributed by atoms with van der Waals surface area (Å²) in [6.07, 6.45) is 6.28. The number of hydrogen-bond acceptors (Lipinski definition) is 6. The Morgan fingerprint density at radius 1 is 1.28 bits per heavy atom. The highest BCUT2D eigenvalue weighted by Gasteiger charge is 2.21. The Morgan fingerprint density at radius 3 is 2.66 bits per heavy atom. The molecule has 1 saturated carbocycles. The third-order valence-electron chi connectivity index (χ3n) is 5.43. The first-order valence-corrected chi connectivity index (χ1v) is 11.2. The van der Waals surface area contributed by atoms with E-state index in [1.165, 1.54) is 48.5 Å². The molecule has 3 N–H and O–H groups in total. The van der Waals surface area contributed by atoms with Gasteiger partial charge in [0.1, 0.15) is 12.4 Å². The predicted molar refractivity (Wildman–Crippen MR) is 115 cm³/mol. The van der Waals surface area contributed by atoms with Crippen molar-refractivity contribution in [1.29, 1.82) is 0 Å². The number of nitrogens with two attached hydrogens (primary N) is 1. The number of thioether (sulfide) groups is 1. The third kappa shape index (κ3) is 5.65. The summed E-state index contributed by atoms with van der Waals surface area (Å²) in [7, 11) is 0. The number of carbonyl (C=O) groups excluding carboxylic acids is 1. The van der Waals surface area contributed by atoms with E-state index >= 15 is 0 Å². The fraction of sp³-hybridized carbons (Fsp3) is 0.571. The molecule has 0 saturated heterocycles. The predicted octanol–water partition coefficient (Wildman–Crippen LogP) is 3.36. The van der Waals surface area contributed by atoms with Gasteiger partial charge in [0.05, 0.1) is 5.25 Å². The zero-order valence-electron chi connectivity index (χ0n) is 17.5. The molecule has 1 aromatic carbocycles. The van der Waals surface area contributed by atoms with Crippen molar-refractivity contribution in [1.82, 2.24) is 20.2 Å². The van der Waals surface area contributed by atoms with Crippen molar-refractivity contribution in [2.24, 2.45) is 5.92 Å². The van der Waals surface area contributed by atoms with Crippen LogP contribution in [0.15, 0.2) is 23.4 Å². The van der Waals surface area contributed by atoms with E-state index in [1.807, 2.05) is 39.0 Å². The minimum Gasteiger partial charge on any atom is -0.485 e. The van der Waals surface area contributed by atoms with Gasteiger partial charge in [-0.2, -0.15) is 0 Å². The van der Waals surface area contributed by atoms with Gasteiger partial charge in [-0.1, -0.05) is 49.2 Å². The van der Waals surface area contributed by atoms with E-state index < -0.39 is 0 Å². The quantitative estimate of drug-likeness (QED) is 0.505. The van der Waals surface area contributed by atoms with Crippen LogP contribution in [0.1, 0.15) is 56.0 Å². The first kappa shape index (κ1) is 21.5. The van der Waals surface area contributed by atoms with Gasteiger partial charge in [0.25, 0.3) is 0 Å². The molecule has 1 unspecified atom stereocenters. The summed E-state index contributed by atoms with van der Waals surface area (Å²) >= 11 is 1.31. The molecule has 1 aromatic heterocycles. The standard InChI is InChI=1S/C21H31N5O2S/c1-14-8-7-9-15(2)19(14)28-13-18-24-25-21(26(18)22)29-16(3)20(27)23-12-17-10-5-4-6-11-17/h7-9,16-17H,4-6,10-13,22H2,1-3H3,(H,23,27). The average Bonchev–Trinajstić information content (AvgIpc) is 3.06. The summed E-state index contributed by atoms with van der Waals surface area (Å²) in [6.45, 7) is 6.85. The van der Waals surface area contributed by atoms with E-state index in [0.717, 1.165) is 23.4 Å². The molecule has 1 atom stereocenters. The number of carbonyl (C=O) groups is 1. The number of benzene rings is 1. The molecule has 0 bridgehead atoms. The maximum Gasteiger partial charge on any atom is 0.233 e. The minimum absolute atomic E-state index is 0.0110. The third-order valence-corrected chi connectivity index (χ3v) is 6.49. The minimum atomic E-state index is -0.294. The second-order valence-corrected chi connectivity index (χ2v) is 9.10. The molecule has 1 aliphatic carbocycles. The van der Waals surface area contributed by atoms with E-state index in [9.17, 15) is 4.79 Å². The Morgan fingerprint density at radius 2 is 1.97 bits per heavy atom. The SMILES string of the molecule is Cc1cccc(C)c1OCc1nnc(SC(C)C(=O)NCC2CCCCC2)n1N. The molecule has 8 heteroatoms. The summed E-state index contributed by atoms with van der Waals surface area (Å²) in [5.74, 6) is 8.11. The molecule has 1 amide bonds. The summed E-state index contributed by atoms with van der Waals surface area (Å²) in [4.78, 5) is 12.4. The molecular formula is C21H31N5O2S. The Bertz CT molecular complexity index is 812. The summed E-state index contributed by atoms with van der Waals surface area (Å²) in [6, 6.07) is 6.01. The summed E-state index contributed by atoms with van der Waals surface area (Å²) in [5.41, 5.74) is 2.12. The molecular weight excluding hydrogens is 386 g/mol. The molecule has 3 rings (SSSR count). The van der Waals surface area contributed by atoms with Gasteiger partial charge < -0.3 is 15.9 Å². The lowest BCUT2D eigenvalue weighted by atomic mass is 9.89. The van der Waals surface area contributed by atoms with Crippen molar-refractivity contribution in [2.75, 3.05) is 12.4 Å². The van der Waals surface area contributed by atoms with Gasteiger partial charge in [-0.25, -0.2) is 4.68 Å². The van der Waals surface area contributed by atoms with Gasteiger partial charge in [-0.15, -0.1) is 10.2 Å². The maximum absolute atomic E-state index is 12.4. The van der Waals surface area contributed by atoms with Crippen LogP contribution in [0.2, 0.25) is 0 Å².